The van der Waals surface area contributed by atoms with Gasteiger partial charge in [0.1, 0.15) is 0 Å². The second kappa shape index (κ2) is 8.21. The summed E-state index contributed by atoms with van der Waals surface area (Å²) in [6.45, 7) is 7.41. The molecule has 0 aromatic carbocycles. The fourth-order valence-electron chi connectivity index (χ4n) is 1.75. The van der Waals surface area contributed by atoms with Crippen LogP contribution in [0.25, 0.3) is 0 Å². The normalized spacial score (nSPS) is 18.6. The maximum Gasteiger partial charge on any atom is 0.0478 e. The monoisotopic (exact) mass is 200 g/mol. The van der Waals surface area contributed by atoms with Gasteiger partial charge < -0.3 is 15.4 Å². The summed E-state index contributed by atoms with van der Waals surface area (Å²) in [6.07, 6.45) is 4.82. The van der Waals surface area contributed by atoms with E-state index in [0.717, 1.165) is 38.6 Å². The molecule has 1 rings (SSSR count). The van der Waals surface area contributed by atoms with Crippen molar-refractivity contribution in [2.75, 3.05) is 32.8 Å². The van der Waals surface area contributed by atoms with Gasteiger partial charge in [0.15, 0.2) is 0 Å². The van der Waals surface area contributed by atoms with Crippen LogP contribution in [0.5, 0.6) is 0 Å². The van der Waals surface area contributed by atoms with Crippen LogP contribution in [-0.2, 0) is 4.74 Å². The molecule has 3 heteroatoms. The van der Waals surface area contributed by atoms with Crippen molar-refractivity contribution in [3.8, 4) is 0 Å². The topological polar surface area (TPSA) is 33.3 Å². The maximum atomic E-state index is 5.42. The molecule has 0 saturated carbocycles. The number of hydrogen-bond acceptors (Lipinski definition) is 3. The summed E-state index contributed by atoms with van der Waals surface area (Å²) >= 11 is 0. The molecule has 0 unspecified atom stereocenters. The summed E-state index contributed by atoms with van der Waals surface area (Å²) in [5.74, 6) is 0. The zero-order valence-electron chi connectivity index (χ0n) is 9.35. The Kier molecular flexibility index (Phi) is 7.01. The first-order valence-corrected chi connectivity index (χ1v) is 5.95. The van der Waals surface area contributed by atoms with Gasteiger partial charge in [0.2, 0.25) is 0 Å². The minimum Gasteiger partial charge on any atom is -0.381 e. The Labute approximate surface area is 87.6 Å². The molecule has 0 bridgehead atoms. The van der Waals surface area contributed by atoms with Gasteiger partial charge in [-0.25, -0.2) is 0 Å². The predicted molar refractivity (Wildman–Crippen MR) is 59.6 cm³/mol. The van der Waals surface area contributed by atoms with E-state index in [9.17, 15) is 0 Å². The molecular formula is C11H24N2O. The standard InChI is InChI=1S/C11H24N2O/c1-2-9-14-10-3-6-13-11-4-7-12-8-5-11/h11-13H,2-10H2,1H3. The summed E-state index contributed by atoms with van der Waals surface area (Å²) in [5.41, 5.74) is 0. The molecule has 0 atom stereocenters. The largest absolute Gasteiger partial charge is 0.381 e. The number of piperidine rings is 1. The van der Waals surface area contributed by atoms with Gasteiger partial charge in [-0.05, 0) is 45.3 Å². The minimum absolute atomic E-state index is 0.738. The maximum absolute atomic E-state index is 5.42. The van der Waals surface area contributed by atoms with Crippen molar-refractivity contribution in [3.05, 3.63) is 0 Å². The Morgan fingerprint density at radius 1 is 1.29 bits per heavy atom. The van der Waals surface area contributed by atoms with Crippen molar-refractivity contribution < 1.29 is 4.74 Å². The van der Waals surface area contributed by atoms with Crippen molar-refractivity contribution in [1.82, 2.24) is 10.6 Å². The molecule has 1 saturated heterocycles. The molecule has 0 amide bonds. The Morgan fingerprint density at radius 3 is 2.79 bits per heavy atom. The summed E-state index contributed by atoms with van der Waals surface area (Å²) < 4.78 is 5.42. The lowest BCUT2D eigenvalue weighted by Crippen LogP contribution is -2.40. The highest BCUT2D eigenvalue weighted by atomic mass is 16.5. The first kappa shape index (κ1) is 12.0. The lowest BCUT2D eigenvalue weighted by atomic mass is 10.1. The van der Waals surface area contributed by atoms with Gasteiger partial charge >= 0.3 is 0 Å². The van der Waals surface area contributed by atoms with Crippen LogP contribution in [0.3, 0.4) is 0 Å². The fraction of sp³-hybridized carbons (Fsp3) is 1.00. The van der Waals surface area contributed by atoms with Crippen LogP contribution >= 0.6 is 0 Å². The smallest absolute Gasteiger partial charge is 0.0478 e. The van der Waals surface area contributed by atoms with Gasteiger partial charge in [-0.2, -0.15) is 0 Å². The second-order valence-corrected chi connectivity index (χ2v) is 3.94. The summed E-state index contributed by atoms with van der Waals surface area (Å²) in [6, 6.07) is 0.738. The predicted octanol–water partition coefficient (Wildman–Crippen LogP) is 1.14. The molecule has 0 aromatic rings. The molecule has 1 aliphatic heterocycles. The highest BCUT2D eigenvalue weighted by molar-refractivity contribution is 4.73. The van der Waals surface area contributed by atoms with Crippen LogP contribution in [0.1, 0.15) is 32.6 Å². The van der Waals surface area contributed by atoms with Crippen LogP contribution in [-0.4, -0.2) is 38.9 Å². The van der Waals surface area contributed by atoms with Crippen molar-refractivity contribution in [3.63, 3.8) is 0 Å². The fourth-order valence-corrected chi connectivity index (χ4v) is 1.75. The molecule has 1 heterocycles. The van der Waals surface area contributed by atoms with Gasteiger partial charge in [-0.3, -0.25) is 0 Å². The number of nitrogens with one attached hydrogen (secondary N) is 2. The Hall–Kier alpha value is -0.120. The quantitative estimate of drug-likeness (QED) is 0.605. The van der Waals surface area contributed by atoms with E-state index in [1.807, 2.05) is 0 Å². The summed E-state index contributed by atoms with van der Waals surface area (Å²) in [7, 11) is 0. The van der Waals surface area contributed by atoms with Crippen LogP contribution in [0, 0.1) is 0 Å². The Morgan fingerprint density at radius 2 is 2.07 bits per heavy atom. The van der Waals surface area contributed by atoms with E-state index in [1.54, 1.807) is 0 Å². The van der Waals surface area contributed by atoms with Crippen molar-refractivity contribution >= 4 is 0 Å². The lowest BCUT2D eigenvalue weighted by molar-refractivity contribution is 0.131. The zero-order chi connectivity index (χ0) is 10.1. The molecule has 2 N–H and O–H groups in total. The van der Waals surface area contributed by atoms with E-state index in [2.05, 4.69) is 17.6 Å². The molecule has 1 aliphatic rings. The van der Waals surface area contributed by atoms with E-state index in [-0.39, 0.29) is 0 Å². The van der Waals surface area contributed by atoms with Gasteiger partial charge in [0.05, 0.1) is 0 Å². The lowest BCUT2D eigenvalue weighted by Gasteiger charge is -2.23. The number of rotatable bonds is 7. The van der Waals surface area contributed by atoms with Crippen molar-refractivity contribution in [2.45, 2.75) is 38.6 Å². The number of hydrogen-bond donors (Lipinski definition) is 2. The van der Waals surface area contributed by atoms with Crippen LogP contribution in [0.4, 0.5) is 0 Å². The third-order valence-corrected chi connectivity index (χ3v) is 2.59. The average molecular weight is 200 g/mol. The molecule has 14 heavy (non-hydrogen) atoms. The molecular weight excluding hydrogens is 176 g/mol. The van der Waals surface area contributed by atoms with E-state index in [0.29, 0.717) is 0 Å². The molecule has 1 fully saturated rings. The van der Waals surface area contributed by atoms with Crippen LogP contribution in [0.2, 0.25) is 0 Å². The Bertz CT molecular complexity index is 124. The summed E-state index contributed by atoms with van der Waals surface area (Å²) in [5, 5.41) is 6.95. The van der Waals surface area contributed by atoms with Gasteiger partial charge in [0.25, 0.3) is 0 Å². The molecule has 0 spiro atoms. The van der Waals surface area contributed by atoms with Crippen LogP contribution in [0.15, 0.2) is 0 Å². The highest BCUT2D eigenvalue weighted by Gasteiger charge is 2.10. The van der Waals surface area contributed by atoms with Crippen molar-refractivity contribution in [2.24, 2.45) is 0 Å². The third kappa shape index (κ3) is 5.58. The second-order valence-electron chi connectivity index (χ2n) is 3.94. The Balaban J connectivity index is 1.82. The van der Waals surface area contributed by atoms with E-state index >= 15 is 0 Å². The van der Waals surface area contributed by atoms with Gasteiger partial charge in [-0.15, -0.1) is 0 Å². The van der Waals surface area contributed by atoms with Gasteiger partial charge in [0, 0.05) is 19.3 Å². The highest BCUT2D eigenvalue weighted by Crippen LogP contribution is 2.01. The molecule has 0 radical (unpaired) electrons. The first-order chi connectivity index (χ1) is 6.93. The SMILES string of the molecule is CCCOCCCNC1CCNCC1. The van der Waals surface area contributed by atoms with E-state index < -0.39 is 0 Å². The average Bonchev–Trinajstić information content (AvgIpc) is 2.25. The minimum atomic E-state index is 0.738. The molecule has 0 aliphatic carbocycles. The molecule has 3 nitrogen and oxygen atoms in total. The number of ether oxygens (including phenoxy) is 1. The van der Waals surface area contributed by atoms with E-state index in [1.165, 1.54) is 25.9 Å². The van der Waals surface area contributed by atoms with Crippen LogP contribution < -0.4 is 10.6 Å². The molecule has 0 aromatic heterocycles. The van der Waals surface area contributed by atoms with Gasteiger partial charge in [-0.1, -0.05) is 6.92 Å². The molecule has 84 valence electrons. The first-order valence-electron chi connectivity index (χ1n) is 5.95. The zero-order valence-corrected chi connectivity index (χ0v) is 9.35. The van der Waals surface area contributed by atoms with E-state index in [4.69, 9.17) is 4.74 Å². The third-order valence-electron chi connectivity index (χ3n) is 2.59. The summed E-state index contributed by atoms with van der Waals surface area (Å²) in [4.78, 5) is 0. The van der Waals surface area contributed by atoms with Crippen molar-refractivity contribution in [1.29, 1.82) is 0 Å².